The van der Waals surface area contributed by atoms with Crippen molar-refractivity contribution in [1.82, 2.24) is 14.9 Å². The largest absolute Gasteiger partial charge is 0.472 e. The number of piperidine rings is 1. The molecule has 1 saturated heterocycles. The average Bonchev–Trinajstić information content (AvgIpc) is 3.09. The Morgan fingerprint density at radius 1 is 1.45 bits per heavy atom. The lowest BCUT2D eigenvalue weighted by Gasteiger charge is -2.32. The van der Waals surface area contributed by atoms with E-state index < -0.39 is 0 Å². The maximum Gasteiger partial charge on any atom is 0.257 e. The van der Waals surface area contributed by atoms with E-state index in [0.29, 0.717) is 18.7 Å². The second-order valence-corrected chi connectivity index (χ2v) is 4.97. The third kappa shape index (κ3) is 2.91. The average molecular weight is 298 g/mol. The van der Waals surface area contributed by atoms with Crippen LogP contribution >= 0.6 is 0 Å². The fourth-order valence-electron chi connectivity index (χ4n) is 2.43. The first-order chi connectivity index (χ1) is 10.8. The predicted molar refractivity (Wildman–Crippen MR) is 75.0 cm³/mol. The first-order valence-electron chi connectivity index (χ1n) is 6.97. The number of aromatic nitrogens is 2. The molecule has 3 rings (SSSR count). The molecule has 0 radical (unpaired) electrons. The van der Waals surface area contributed by atoms with Crippen LogP contribution in [0.2, 0.25) is 0 Å². The fourth-order valence-corrected chi connectivity index (χ4v) is 2.43. The molecule has 1 atom stereocenters. The Bertz CT molecular complexity index is 693. The van der Waals surface area contributed by atoms with Crippen LogP contribution in [-0.4, -0.2) is 40.0 Å². The van der Waals surface area contributed by atoms with Crippen LogP contribution in [0.5, 0.6) is 5.88 Å². The summed E-state index contributed by atoms with van der Waals surface area (Å²) >= 11 is 0. The van der Waals surface area contributed by atoms with Crippen LogP contribution in [-0.2, 0) is 0 Å². The summed E-state index contributed by atoms with van der Waals surface area (Å²) in [6.07, 6.45) is 7.27. The summed E-state index contributed by atoms with van der Waals surface area (Å²) in [7, 11) is 0. The molecule has 7 heteroatoms. The van der Waals surface area contributed by atoms with Gasteiger partial charge >= 0.3 is 0 Å². The van der Waals surface area contributed by atoms with Crippen LogP contribution in [0, 0.1) is 11.3 Å². The molecule has 0 N–H and O–H groups in total. The number of nitriles is 1. The Morgan fingerprint density at radius 2 is 2.32 bits per heavy atom. The van der Waals surface area contributed by atoms with Gasteiger partial charge in [0.2, 0.25) is 5.69 Å². The zero-order chi connectivity index (χ0) is 15.4. The lowest BCUT2D eigenvalue weighted by Crippen LogP contribution is -2.44. The standard InChI is InChI=1S/C15H14N4O3/c16-8-13-14(18-5-4-17-13)22-12-2-1-6-19(9-12)15(20)11-3-7-21-10-11/h3-5,7,10,12H,1-2,6,9H2/t12-/m1/s1. The van der Waals surface area contributed by atoms with E-state index in [-0.39, 0.29) is 23.6 Å². The van der Waals surface area contributed by atoms with Crippen LogP contribution in [0.1, 0.15) is 28.9 Å². The maximum absolute atomic E-state index is 12.3. The Kier molecular flexibility index (Phi) is 4.01. The Labute approximate surface area is 127 Å². The number of carbonyl (C=O) groups is 1. The van der Waals surface area contributed by atoms with Gasteiger partial charge in [-0.1, -0.05) is 0 Å². The number of nitrogens with zero attached hydrogens (tertiary/aromatic N) is 4. The smallest absolute Gasteiger partial charge is 0.257 e. The minimum atomic E-state index is -0.201. The van der Waals surface area contributed by atoms with Crippen molar-refractivity contribution in [2.45, 2.75) is 18.9 Å². The normalized spacial score (nSPS) is 17.8. The predicted octanol–water partition coefficient (Wildman–Crippen LogP) is 1.62. The monoisotopic (exact) mass is 298 g/mol. The first kappa shape index (κ1) is 14.1. The van der Waals surface area contributed by atoms with E-state index in [4.69, 9.17) is 14.4 Å². The van der Waals surface area contributed by atoms with Crippen LogP contribution in [0.15, 0.2) is 35.4 Å². The number of likely N-dealkylation sites (tertiary alicyclic amines) is 1. The number of amides is 1. The molecular weight excluding hydrogens is 284 g/mol. The van der Waals surface area contributed by atoms with Gasteiger partial charge < -0.3 is 14.1 Å². The van der Waals surface area contributed by atoms with Crippen molar-refractivity contribution >= 4 is 5.91 Å². The number of hydrogen-bond acceptors (Lipinski definition) is 6. The van der Waals surface area contributed by atoms with E-state index in [1.807, 2.05) is 6.07 Å². The Morgan fingerprint density at radius 3 is 3.09 bits per heavy atom. The molecule has 0 aromatic carbocycles. The van der Waals surface area contributed by atoms with Gasteiger partial charge in [0.25, 0.3) is 11.8 Å². The van der Waals surface area contributed by atoms with Gasteiger partial charge in [-0.2, -0.15) is 5.26 Å². The Hall–Kier alpha value is -2.88. The van der Waals surface area contributed by atoms with Gasteiger partial charge in [0, 0.05) is 18.9 Å². The molecule has 1 fully saturated rings. The summed E-state index contributed by atoms with van der Waals surface area (Å²) < 4.78 is 10.7. The van der Waals surface area contributed by atoms with Crippen LogP contribution in [0.4, 0.5) is 0 Å². The molecule has 1 amide bonds. The quantitative estimate of drug-likeness (QED) is 0.855. The van der Waals surface area contributed by atoms with Gasteiger partial charge in [0.05, 0.1) is 18.4 Å². The molecule has 0 spiro atoms. The highest BCUT2D eigenvalue weighted by molar-refractivity contribution is 5.93. The van der Waals surface area contributed by atoms with Crippen molar-refractivity contribution in [1.29, 1.82) is 5.26 Å². The molecule has 2 aromatic rings. The van der Waals surface area contributed by atoms with Gasteiger partial charge in [-0.05, 0) is 18.9 Å². The molecule has 0 unspecified atom stereocenters. The molecule has 1 aliphatic heterocycles. The van der Waals surface area contributed by atoms with E-state index in [1.165, 1.54) is 24.9 Å². The van der Waals surface area contributed by atoms with E-state index in [0.717, 1.165) is 12.8 Å². The van der Waals surface area contributed by atoms with Crippen molar-refractivity contribution in [2.75, 3.05) is 13.1 Å². The minimum absolute atomic E-state index is 0.0818. The number of ether oxygens (including phenoxy) is 1. The topological polar surface area (TPSA) is 92.2 Å². The van der Waals surface area contributed by atoms with Crippen LogP contribution in [0.3, 0.4) is 0 Å². The Balaban J connectivity index is 1.68. The molecular formula is C15H14N4O3. The molecule has 22 heavy (non-hydrogen) atoms. The minimum Gasteiger partial charge on any atom is -0.472 e. The summed E-state index contributed by atoms with van der Waals surface area (Å²) in [6.45, 7) is 1.13. The molecule has 1 aliphatic rings. The van der Waals surface area contributed by atoms with Crippen LogP contribution < -0.4 is 4.74 Å². The maximum atomic E-state index is 12.3. The highest BCUT2D eigenvalue weighted by atomic mass is 16.5. The molecule has 0 saturated carbocycles. The van der Waals surface area contributed by atoms with Gasteiger partial charge in [-0.15, -0.1) is 0 Å². The number of furan rings is 1. The molecule has 3 heterocycles. The molecule has 112 valence electrons. The van der Waals surface area contributed by atoms with Crippen molar-refractivity contribution in [3.8, 4) is 11.9 Å². The van der Waals surface area contributed by atoms with E-state index in [9.17, 15) is 4.79 Å². The van der Waals surface area contributed by atoms with Gasteiger partial charge in [0.15, 0.2) is 0 Å². The van der Waals surface area contributed by atoms with Crippen molar-refractivity contribution < 1.29 is 13.9 Å². The highest BCUT2D eigenvalue weighted by Gasteiger charge is 2.27. The van der Waals surface area contributed by atoms with Crippen molar-refractivity contribution in [2.24, 2.45) is 0 Å². The summed E-state index contributed by atoms with van der Waals surface area (Å²) in [4.78, 5) is 22.0. The second kappa shape index (κ2) is 6.26. The summed E-state index contributed by atoms with van der Waals surface area (Å²) in [6, 6.07) is 3.59. The second-order valence-electron chi connectivity index (χ2n) is 4.97. The third-order valence-electron chi connectivity index (χ3n) is 3.48. The number of rotatable bonds is 3. The lowest BCUT2D eigenvalue weighted by atomic mass is 10.1. The molecule has 0 aliphatic carbocycles. The molecule has 7 nitrogen and oxygen atoms in total. The number of hydrogen-bond donors (Lipinski definition) is 0. The van der Waals surface area contributed by atoms with Crippen LogP contribution in [0.25, 0.3) is 0 Å². The van der Waals surface area contributed by atoms with E-state index in [1.54, 1.807) is 11.0 Å². The van der Waals surface area contributed by atoms with E-state index in [2.05, 4.69) is 9.97 Å². The SMILES string of the molecule is N#Cc1nccnc1O[C@@H]1CCCN(C(=O)c2ccoc2)C1. The summed E-state index contributed by atoms with van der Waals surface area (Å²) in [5, 5.41) is 9.01. The summed E-state index contributed by atoms with van der Waals surface area (Å²) in [5.41, 5.74) is 0.679. The van der Waals surface area contributed by atoms with Crippen molar-refractivity contribution in [3.05, 3.63) is 42.2 Å². The highest BCUT2D eigenvalue weighted by Crippen LogP contribution is 2.20. The van der Waals surface area contributed by atoms with Gasteiger partial charge in [-0.25, -0.2) is 9.97 Å². The molecule has 2 aromatic heterocycles. The molecule has 0 bridgehead atoms. The zero-order valence-corrected chi connectivity index (χ0v) is 11.8. The fraction of sp³-hybridized carbons (Fsp3) is 0.333. The van der Waals surface area contributed by atoms with E-state index >= 15 is 0 Å². The first-order valence-corrected chi connectivity index (χ1v) is 6.97. The summed E-state index contributed by atoms with van der Waals surface area (Å²) in [5.74, 6) is 0.134. The van der Waals surface area contributed by atoms with Gasteiger partial charge in [0.1, 0.15) is 18.4 Å². The third-order valence-corrected chi connectivity index (χ3v) is 3.48. The van der Waals surface area contributed by atoms with Crippen molar-refractivity contribution in [3.63, 3.8) is 0 Å². The zero-order valence-electron chi connectivity index (χ0n) is 11.8. The van der Waals surface area contributed by atoms with Gasteiger partial charge in [-0.3, -0.25) is 4.79 Å². The lowest BCUT2D eigenvalue weighted by molar-refractivity contribution is 0.0525. The number of carbonyl (C=O) groups excluding carboxylic acids is 1.